The summed E-state index contributed by atoms with van der Waals surface area (Å²) in [5, 5.41) is 5.87. The van der Waals surface area contributed by atoms with Gasteiger partial charge in [-0.2, -0.15) is 0 Å². The van der Waals surface area contributed by atoms with Crippen molar-refractivity contribution < 1.29 is 4.79 Å². The first kappa shape index (κ1) is 13.9. The summed E-state index contributed by atoms with van der Waals surface area (Å²) >= 11 is 5.72. The van der Waals surface area contributed by atoms with Crippen LogP contribution in [-0.2, 0) is 0 Å². The van der Waals surface area contributed by atoms with E-state index in [9.17, 15) is 4.79 Å². The molecule has 19 heavy (non-hydrogen) atoms. The van der Waals surface area contributed by atoms with Crippen molar-refractivity contribution in [2.24, 2.45) is 5.92 Å². The van der Waals surface area contributed by atoms with E-state index >= 15 is 0 Å². The van der Waals surface area contributed by atoms with Crippen molar-refractivity contribution in [3.63, 3.8) is 0 Å². The van der Waals surface area contributed by atoms with Gasteiger partial charge in [0.2, 0.25) is 0 Å². The molecule has 1 aliphatic rings. The molecule has 1 aliphatic carbocycles. The topological polar surface area (TPSA) is 54.0 Å². The number of carbonyl (C=O) groups is 1. The minimum absolute atomic E-state index is 0.290. The summed E-state index contributed by atoms with van der Waals surface area (Å²) in [5.41, 5.74) is 0. The lowest BCUT2D eigenvalue weighted by Crippen LogP contribution is -2.24. The third-order valence-corrected chi connectivity index (χ3v) is 3.43. The molecule has 1 saturated carbocycles. The number of pyridine rings is 1. The Balaban J connectivity index is 1.74. The highest BCUT2D eigenvalue weighted by Gasteiger charge is 2.09. The van der Waals surface area contributed by atoms with Gasteiger partial charge in [0.1, 0.15) is 5.82 Å². The molecule has 5 heteroatoms. The highest BCUT2D eigenvalue weighted by atomic mass is 35.5. The van der Waals surface area contributed by atoms with Crippen molar-refractivity contribution in [1.82, 2.24) is 10.3 Å². The number of anilines is 1. The first-order chi connectivity index (χ1) is 9.24. The largest absolute Gasteiger partial charge is 0.324 e. The van der Waals surface area contributed by atoms with Gasteiger partial charge in [0.05, 0.1) is 5.02 Å². The van der Waals surface area contributed by atoms with Gasteiger partial charge in [0.25, 0.3) is 0 Å². The first-order valence-electron chi connectivity index (χ1n) is 6.60. The average Bonchev–Trinajstić information content (AvgIpc) is 2.43. The average molecular weight is 280 g/mol. The van der Waals surface area contributed by atoms with Crippen molar-refractivity contribution in [2.75, 3.05) is 5.32 Å². The quantitative estimate of drug-likeness (QED) is 0.880. The molecular weight excluding hydrogens is 262 g/mol. The van der Waals surface area contributed by atoms with Crippen LogP contribution in [0.25, 0.3) is 0 Å². The Morgan fingerprint density at radius 2 is 2.11 bits per heavy atom. The van der Waals surface area contributed by atoms with Crippen LogP contribution >= 0.6 is 11.6 Å². The number of carbonyl (C=O) groups excluding carboxylic acids is 1. The van der Waals surface area contributed by atoms with Crippen molar-refractivity contribution in [1.29, 1.82) is 0 Å². The number of urea groups is 1. The summed E-state index contributed by atoms with van der Waals surface area (Å²) in [6, 6.07) is 3.05. The van der Waals surface area contributed by atoms with Gasteiger partial charge in [-0.25, -0.2) is 9.78 Å². The molecule has 2 rings (SSSR count). The molecule has 0 saturated heterocycles. The van der Waals surface area contributed by atoms with E-state index in [1.54, 1.807) is 18.3 Å². The fraction of sp³-hybridized carbons (Fsp3) is 0.429. The number of amides is 2. The van der Waals surface area contributed by atoms with E-state index in [0.717, 1.165) is 0 Å². The van der Waals surface area contributed by atoms with Crippen molar-refractivity contribution >= 4 is 23.4 Å². The van der Waals surface area contributed by atoms with Gasteiger partial charge in [-0.05, 0) is 30.9 Å². The second kappa shape index (κ2) is 7.14. The molecule has 4 nitrogen and oxygen atoms in total. The van der Waals surface area contributed by atoms with Crippen LogP contribution in [-0.4, -0.2) is 11.0 Å². The lowest BCUT2D eigenvalue weighted by Gasteiger charge is -2.17. The zero-order valence-corrected chi connectivity index (χ0v) is 11.5. The Bertz CT molecular complexity index is 439. The second-order valence-corrected chi connectivity index (χ2v) is 5.15. The summed E-state index contributed by atoms with van der Waals surface area (Å²) in [7, 11) is 0. The third-order valence-electron chi connectivity index (χ3n) is 3.20. The third kappa shape index (κ3) is 4.91. The van der Waals surface area contributed by atoms with Gasteiger partial charge < -0.3 is 5.32 Å². The number of hydrogen-bond acceptors (Lipinski definition) is 2. The van der Waals surface area contributed by atoms with Crippen LogP contribution < -0.4 is 10.6 Å². The number of rotatable bonds is 3. The number of nitrogens with one attached hydrogen (secondary N) is 2. The van der Waals surface area contributed by atoms with Crippen LogP contribution in [0.5, 0.6) is 0 Å². The molecular formula is C14H18ClN3O. The van der Waals surface area contributed by atoms with E-state index in [1.165, 1.54) is 38.3 Å². The fourth-order valence-corrected chi connectivity index (χ4v) is 2.30. The Hall–Kier alpha value is -1.55. The van der Waals surface area contributed by atoms with Crippen LogP contribution in [0.4, 0.5) is 10.6 Å². The lowest BCUT2D eigenvalue weighted by atomic mass is 9.89. The van der Waals surface area contributed by atoms with Gasteiger partial charge in [-0.3, -0.25) is 5.32 Å². The molecule has 0 atom stereocenters. The zero-order chi connectivity index (χ0) is 13.5. The molecule has 1 fully saturated rings. The number of nitrogens with zero attached hydrogens (tertiary/aromatic N) is 1. The Morgan fingerprint density at radius 3 is 2.79 bits per heavy atom. The smallest absolute Gasteiger partial charge is 0.315 e. The molecule has 102 valence electrons. The number of aromatic nitrogens is 1. The second-order valence-electron chi connectivity index (χ2n) is 4.72. The fourth-order valence-electron chi connectivity index (χ4n) is 2.19. The SMILES string of the molecule is O=C(N/C=C/C1CCCCC1)Nc1ccc(Cl)cn1. The minimum atomic E-state index is -0.290. The molecule has 0 bridgehead atoms. The van der Waals surface area contributed by atoms with E-state index in [2.05, 4.69) is 21.7 Å². The molecule has 1 aromatic heterocycles. The maximum absolute atomic E-state index is 11.6. The van der Waals surface area contributed by atoms with Gasteiger partial charge in [0.15, 0.2) is 0 Å². The molecule has 0 aromatic carbocycles. The predicted molar refractivity (Wildman–Crippen MR) is 77.1 cm³/mol. The standard InChI is InChI=1S/C14H18ClN3O/c15-12-6-7-13(17-10-12)18-14(19)16-9-8-11-4-2-1-3-5-11/h6-11H,1-5H2,(H2,16,17,18,19)/b9-8+. The summed E-state index contributed by atoms with van der Waals surface area (Å²) in [6.07, 6.45) is 11.6. The van der Waals surface area contributed by atoms with E-state index in [1.807, 2.05) is 0 Å². The van der Waals surface area contributed by atoms with Gasteiger partial charge in [0, 0.05) is 12.4 Å². The molecule has 2 amide bonds. The Labute approximate surface area is 118 Å². The van der Waals surface area contributed by atoms with Crippen molar-refractivity contribution in [3.8, 4) is 0 Å². The normalized spacial score (nSPS) is 16.5. The molecule has 1 heterocycles. The van der Waals surface area contributed by atoms with E-state index < -0.39 is 0 Å². The van der Waals surface area contributed by atoms with Crippen LogP contribution in [0, 0.1) is 5.92 Å². The lowest BCUT2D eigenvalue weighted by molar-refractivity contribution is 0.255. The maximum Gasteiger partial charge on any atom is 0.324 e. The molecule has 2 N–H and O–H groups in total. The van der Waals surface area contributed by atoms with Crippen molar-refractivity contribution in [2.45, 2.75) is 32.1 Å². The number of halogens is 1. The summed E-state index contributed by atoms with van der Waals surface area (Å²) < 4.78 is 0. The molecule has 0 radical (unpaired) electrons. The summed E-state index contributed by atoms with van der Waals surface area (Å²) in [5.74, 6) is 1.08. The molecule has 0 unspecified atom stereocenters. The van der Waals surface area contributed by atoms with Gasteiger partial charge >= 0.3 is 6.03 Å². The predicted octanol–water partition coefficient (Wildman–Crippen LogP) is 3.95. The maximum atomic E-state index is 11.6. The summed E-state index contributed by atoms with van der Waals surface area (Å²) in [4.78, 5) is 15.6. The molecule has 0 spiro atoms. The minimum Gasteiger partial charge on any atom is -0.315 e. The highest BCUT2D eigenvalue weighted by Crippen LogP contribution is 2.24. The van der Waals surface area contributed by atoms with Crippen LogP contribution in [0.1, 0.15) is 32.1 Å². The number of hydrogen-bond donors (Lipinski definition) is 2. The van der Waals surface area contributed by atoms with Crippen molar-refractivity contribution in [3.05, 3.63) is 35.6 Å². The number of allylic oxidation sites excluding steroid dienone is 1. The highest BCUT2D eigenvalue weighted by molar-refractivity contribution is 6.30. The molecule has 1 aromatic rings. The molecule has 0 aliphatic heterocycles. The van der Waals surface area contributed by atoms with Crippen LogP contribution in [0.2, 0.25) is 5.02 Å². The van der Waals surface area contributed by atoms with Gasteiger partial charge in [-0.15, -0.1) is 0 Å². The Morgan fingerprint density at radius 1 is 1.32 bits per heavy atom. The van der Waals surface area contributed by atoms with Gasteiger partial charge in [-0.1, -0.05) is 36.9 Å². The van der Waals surface area contributed by atoms with E-state index in [4.69, 9.17) is 11.6 Å². The monoisotopic (exact) mass is 279 g/mol. The Kier molecular flexibility index (Phi) is 5.21. The van der Waals surface area contributed by atoms with Crippen LogP contribution in [0.15, 0.2) is 30.6 Å². The van der Waals surface area contributed by atoms with E-state index in [0.29, 0.717) is 16.8 Å². The first-order valence-corrected chi connectivity index (χ1v) is 6.97. The zero-order valence-electron chi connectivity index (χ0n) is 10.7. The van der Waals surface area contributed by atoms with Crippen LogP contribution in [0.3, 0.4) is 0 Å². The summed E-state index contributed by atoms with van der Waals surface area (Å²) in [6.45, 7) is 0. The van der Waals surface area contributed by atoms with E-state index in [-0.39, 0.29) is 6.03 Å².